The van der Waals surface area contributed by atoms with Crippen LogP contribution < -0.4 is 5.32 Å². The average molecular weight is 325 g/mol. The Morgan fingerprint density at radius 1 is 1.17 bits per heavy atom. The van der Waals surface area contributed by atoms with Crippen molar-refractivity contribution in [2.75, 3.05) is 45.9 Å². The largest absolute Gasteiger partial charge is 0.383 e. The topological polar surface area (TPSA) is 65.0 Å². The van der Waals surface area contributed by atoms with E-state index < -0.39 is 6.10 Å². The van der Waals surface area contributed by atoms with Gasteiger partial charge in [0.25, 0.3) is 0 Å². The van der Waals surface area contributed by atoms with Gasteiger partial charge in [-0.05, 0) is 51.6 Å². The summed E-state index contributed by atoms with van der Waals surface area (Å²) in [6.07, 6.45) is 3.12. The van der Waals surface area contributed by atoms with Crippen molar-refractivity contribution >= 4 is 5.91 Å². The number of nitrogens with zero attached hydrogens (tertiary/aromatic N) is 2. The summed E-state index contributed by atoms with van der Waals surface area (Å²) in [5, 5.41) is 13.2. The minimum absolute atomic E-state index is 0.112. The van der Waals surface area contributed by atoms with Gasteiger partial charge in [-0.1, -0.05) is 0 Å². The maximum Gasteiger partial charge on any atom is 0.249 e. The van der Waals surface area contributed by atoms with Gasteiger partial charge in [0.1, 0.15) is 6.10 Å². The molecule has 2 saturated heterocycles. The molecule has 3 fully saturated rings. The average Bonchev–Trinajstić information content (AvgIpc) is 3.39. The molecule has 2 atom stereocenters. The summed E-state index contributed by atoms with van der Waals surface area (Å²) in [7, 11) is 0. The van der Waals surface area contributed by atoms with Crippen molar-refractivity contribution in [3.8, 4) is 0 Å². The Morgan fingerprint density at radius 2 is 1.83 bits per heavy atom. The van der Waals surface area contributed by atoms with Crippen molar-refractivity contribution in [1.29, 1.82) is 0 Å². The maximum absolute atomic E-state index is 12.0. The smallest absolute Gasteiger partial charge is 0.249 e. The minimum atomic E-state index is -0.827. The molecule has 0 aromatic heterocycles. The van der Waals surface area contributed by atoms with Gasteiger partial charge in [-0.15, -0.1) is 0 Å². The van der Waals surface area contributed by atoms with Crippen LogP contribution in [0.2, 0.25) is 0 Å². The second-order valence-electron chi connectivity index (χ2n) is 7.36. The monoisotopic (exact) mass is 325 g/mol. The van der Waals surface area contributed by atoms with Gasteiger partial charge < -0.3 is 15.2 Å². The Hall–Kier alpha value is -0.690. The molecule has 2 N–H and O–H groups in total. The van der Waals surface area contributed by atoms with E-state index in [-0.39, 0.29) is 11.8 Å². The number of aliphatic hydroxyl groups is 1. The number of nitrogens with one attached hydrogen (secondary N) is 1. The van der Waals surface area contributed by atoms with E-state index in [1.807, 2.05) is 0 Å². The van der Waals surface area contributed by atoms with Crippen LogP contribution in [-0.4, -0.2) is 84.9 Å². The van der Waals surface area contributed by atoms with Gasteiger partial charge in [-0.25, -0.2) is 0 Å². The van der Waals surface area contributed by atoms with Crippen molar-refractivity contribution in [3.05, 3.63) is 0 Å². The van der Waals surface area contributed by atoms with E-state index in [9.17, 15) is 9.90 Å². The number of likely N-dealkylation sites (tertiary alicyclic amines) is 1. The Balaban J connectivity index is 1.39. The lowest BCUT2D eigenvalue weighted by atomic mass is 9.90. The van der Waals surface area contributed by atoms with Gasteiger partial charge in [0.2, 0.25) is 5.91 Å². The molecule has 0 spiro atoms. The summed E-state index contributed by atoms with van der Waals surface area (Å²) in [6, 6.07) is 0.845. The second kappa shape index (κ2) is 7.92. The Kier molecular flexibility index (Phi) is 5.91. The lowest BCUT2D eigenvalue weighted by Crippen LogP contribution is -2.50. The van der Waals surface area contributed by atoms with Crippen molar-refractivity contribution in [2.24, 2.45) is 5.92 Å². The molecule has 0 aromatic rings. The van der Waals surface area contributed by atoms with Gasteiger partial charge in [0, 0.05) is 31.7 Å². The van der Waals surface area contributed by atoms with Gasteiger partial charge >= 0.3 is 0 Å². The first-order valence-electron chi connectivity index (χ1n) is 9.16. The zero-order valence-electron chi connectivity index (χ0n) is 14.2. The van der Waals surface area contributed by atoms with Crippen LogP contribution in [0.25, 0.3) is 0 Å². The van der Waals surface area contributed by atoms with E-state index in [1.54, 1.807) is 0 Å². The number of piperidine rings is 1. The normalized spacial score (nSPS) is 27.6. The fourth-order valence-electron chi connectivity index (χ4n) is 3.68. The molecule has 0 aromatic carbocycles. The molecule has 1 amide bonds. The third kappa shape index (κ3) is 4.89. The van der Waals surface area contributed by atoms with E-state index in [4.69, 9.17) is 4.74 Å². The van der Waals surface area contributed by atoms with Crippen LogP contribution in [0.15, 0.2) is 0 Å². The van der Waals surface area contributed by atoms with Gasteiger partial charge in [-0.2, -0.15) is 0 Å². The molecular weight excluding hydrogens is 294 g/mol. The standard InChI is InChI=1S/C17H31N3O3/c1-13(12-19-8-10-23-11-9-19)20-6-4-14(5-7-20)16(21)17(22)18-15-2-3-15/h13-16,21H,2-12H2,1H3,(H,18,22)/t13-,16-/m0/s1. The number of amides is 1. The predicted molar refractivity (Wildman–Crippen MR) is 88.2 cm³/mol. The summed E-state index contributed by atoms with van der Waals surface area (Å²) in [4.78, 5) is 16.9. The number of hydrogen-bond acceptors (Lipinski definition) is 5. The first kappa shape index (κ1) is 17.1. The van der Waals surface area contributed by atoms with Gasteiger partial charge in [0.05, 0.1) is 13.2 Å². The number of aliphatic hydroxyl groups excluding tert-OH is 1. The van der Waals surface area contributed by atoms with E-state index in [0.717, 1.165) is 71.6 Å². The Bertz CT molecular complexity index is 389. The van der Waals surface area contributed by atoms with E-state index in [2.05, 4.69) is 22.0 Å². The van der Waals surface area contributed by atoms with E-state index in [1.165, 1.54) is 0 Å². The SMILES string of the molecule is C[C@@H](CN1CCOCC1)N1CCC([C@H](O)C(=O)NC2CC2)CC1. The zero-order valence-corrected chi connectivity index (χ0v) is 14.2. The van der Waals surface area contributed by atoms with Crippen LogP contribution in [0.4, 0.5) is 0 Å². The molecule has 6 heteroatoms. The van der Waals surface area contributed by atoms with Crippen LogP contribution in [0.1, 0.15) is 32.6 Å². The number of carbonyl (C=O) groups is 1. The lowest BCUT2D eigenvalue weighted by molar-refractivity contribution is -0.133. The molecule has 1 aliphatic carbocycles. The molecule has 6 nitrogen and oxygen atoms in total. The quantitative estimate of drug-likeness (QED) is 0.723. The highest BCUT2D eigenvalue weighted by Gasteiger charge is 2.34. The molecule has 132 valence electrons. The highest BCUT2D eigenvalue weighted by atomic mass is 16.5. The molecule has 0 bridgehead atoms. The third-order valence-corrected chi connectivity index (χ3v) is 5.46. The second-order valence-corrected chi connectivity index (χ2v) is 7.36. The third-order valence-electron chi connectivity index (χ3n) is 5.46. The minimum Gasteiger partial charge on any atom is -0.383 e. The molecular formula is C17H31N3O3. The molecule has 3 rings (SSSR count). The fraction of sp³-hybridized carbons (Fsp3) is 0.941. The molecule has 23 heavy (non-hydrogen) atoms. The molecule has 3 aliphatic rings. The van der Waals surface area contributed by atoms with Gasteiger partial charge in [-0.3, -0.25) is 14.6 Å². The highest BCUT2D eigenvalue weighted by Crippen LogP contribution is 2.24. The summed E-state index contributed by atoms with van der Waals surface area (Å²) in [6.45, 7) is 9.06. The van der Waals surface area contributed by atoms with Crippen LogP contribution >= 0.6 is 0 Å². The number of hydrogen-bond donors (Lipinski definition) is 2. The van der Waals surface area contributed by atoms with Crippen LogP contribution in [0.3, 0.4) is 0 Å². The van der Waals surface area contributed by atoms with Crippen molar-refractivity contribution in [3.63, 3.8) is 0 Å². The Labute approximate surface area is 139 Å². The van der Waals surface area contributed by atoms with Crippen molar-refractivity contribution in [2.45, 2.75) is 50.8 Å². The summed E-state index contributed by atoms with van der Waals surface area (Å²) < 4.78 is 5.40. The molecule has 1 saturated carbocycles. The number of morpholine rings is 1. The van der Waals surface area contributed by atoms with Crippen LogP contribution in [0, 0.1) is 5.92 Å². The first-order chi connectivity index (χ1) is 11.1. The van der Waals surface area contributed by atoms with Crippen LogP contribution in [0.5, 0.6) is 0 Å². The highest BCUT2D eigenvalue weighted by molar-refractivity contribution is 5.81. The fourth-order valence-corrected chi connectivity index (χ4v) is 3.68. The van der Waals surface area contributed by atoms with Gasteiger partial charge in [0.15, 0.2) is 0 Å². The first-order valence-corrected chi connectivity index (χ1v) is 9.16. The molecule has 2 aliphatic heterocycles. The predicted octanol–water partition coefficient (Wildman–Crippen LogP) is 0.0586. The molecule has 0 radical (unpaired) electrons. The number of rotatable bonds is 6. The molecule has 0 unspecified atom stereocenters. The van der Waals surface area contributed by atoms with Crippen LogP contribution in [-0.2, 0) is 9.53 Å². The molecule has 2 heterocycles. The van der Waals surface area contributed by atoms with Crippen molar-refractivity contribution < 1.29 is 14.6 Å². The number of ether oxygens (including phenoxy) is 1. The lowest BCUT2D eigenvalue weighted by Gasteiger charge is -2.39. The summed E-state index contributed by atoms with van der Waals surface area (Å²) >= 11 is 0. The summed E-state index contributed by atoms with van der Waals surface area (Å²) in [5.41, 5.74) is 0. The zero-order chi connectivity index (χ0) is 16.2. The summed E-state index contributed by atoms with van der Waals surface area (Å²) in [5.74, 6) is -0.0482. The van der Waals surface area contributed by atoms with Crippen molar-refractivity contribution in [1.82, 2.24) is 15.1 Å². The van der Waals surface area contributed by atoms with E-state index in [0.29, 0.717) is 12.1 Å². The van der Waals surface area contributed by atoms with E-state index >= 15 is 0 Å². The Morgan fingerprint density at radius 3 is 2.43 bits per heavy atom. The number of carbonyl (C=O) groups excluding carboxylic acids is 1. The maximum atomic E-state index is 12.0.